The van der Waals surface area contributed by atoms with Gasteiger partial charge in [0, 0.05) is 23.4 Å². The highest BCUT2D eigenvalue weighted by Crippen LogP contribution is 2.41. The quantitative estimate of drug-likeness (QED) is 0.303. The minimum atomic E-state index is -1.17. The molecule has 1 saturated heterocycles. The van der Waals surface area contributed by atoms with Crippen molar-refractivity contribution in [2.24, 2.45) is 16.3 Å². The number of benzene rings is 1. The van der Waals surface area contributed by atoms with Gasteiger partial charge in [0.05, 0.1) is 25.4 Å². The maximum absolute atomic E-state index is 14.4. The number of nitrogens with two attached hydrogens (primary N) is 1. The Kier molecular flexibility index (Phi) is 10.9. The van der Waals surface area contributed by atoms with Crippen molar-refractivity contribution in [3.05, 3.63) is 28.8 Å². The van der Waals surface area contributed by atoms with Crippen molar-refractivity contribution in [2.75, 3.05) is 13.7 Å². The summed E-state index contributed by atoms with van der Waals surface area (Å²) in [5.41, 5.74) is 4.49. The number of nitrogens with one attached hydrogen (secondary N) is 2. The van der Waals surface area contributed by atoms with E-state index < -0.39 is 58.7 Å². The number of hydrogen-bond donors (Lipinski definition) is 3. The summed E-state index contributed by atoms with van der Waals surface area (Å²) in [6.45, 7) is 7.15. The summed E-state index contributed by atoms with van der Waals surface area (Å²) >= 11 is 6.26. The van der Waals surface area contributed by atoms with Crippen LogP contribution >= 0.6 is 11.6 Å². The molecule has 2 fully saturated rings. The number of hydrogen-bond acceptors (Lipinski definition) is 9. The topological polar surface area (TPSA) is 179 Å². The van der Waals surface area contributed by atoms with Gasteiger partial charge in [-0.2, -0.15) is 0 Å². The first kappa shape index (κ1) is 35.0. The summed E-state index contributed by atoms with van der Waals surface area (Å²) in [5, 5.41) is 10.2. The zero-order valence-electron chi connectivity index (χ0n) is 27.0. The van der Waals surface area contributed by atoms with Crippen molar-refractivity contribution in [1.29, 1.82) is 0 Å². The molecule has 1 aromatic carbocycles. The highest BCUT2D eigenvalue weighted by molar-refractivity contribution is 6.37. The number of ketones is 1. The molecular formula is C32H44ClN5O8. The van der Waals surface area contributed by atoms with Crippen molar-refractivity contribution in [2.45, 2.75) is 109 Å². The monoisotopic (exact) mass is 661 g/mol. The number of ether oxygens (including phenoxy) is 2. The van der Waals surface area contributed by atoms with Crippen LogP contribution in [0.25, 0.3) is 0 Å². The zero-order chi connectivity index (χ0) is 33.8. The number of amides is 4. The second-order valence-electron chi connectivity index (χ2n) is 13.4. The van der Waals surface area contributed by atoms with E-state index in [0.29, 0.717) is 28.5 Å². The third kappa shape index (κ3) is 7.91. The molecule has 4 atom stereocenters. The Morgan fingerprint density at radius 1 is 1.17 bits per heavy atom. The van der Waals surface area contributed by atoms with Crippen LogP contribution in [0, 0.1) is 5.41 Å². The Bertz CT molecular complexity index is 1390. The van der Waals surface area contributed by atoms with Crippen LogP contribution in [-0.4, -0.2) is 83.7 Å². The van der Waals surface area contributed by atoms with E-state index in [2.05, 4.69) is 15.8 Å². The molecule has 4 N–H and O–H groups in total. The van der Waals surface area contributed by atoms with Crippen LogP contribution in [0.15, 0.2) is 23.4 Å². The van der Waals surface area contributed by atoms with Gasteiger partial charge in [-0.05, 0) is 55.7 Å². The lowest BCUT2D eigenvalue weighted by molar-refractivity contribution is -0.143. The third-order valence-electron chi connectivity index (χ3n) is 8.70. The minimum absolute atomic E-state index is 0.0213. The van der Waals surface area contributed by atoms with E-state index in [1.165, 1.54) is 12.0 Å². The first-order valence-corrected chi connectivity index (χ1v) is 16.1. The van der Waals surface area contributed by atoms with E-state index >= 15 is 0 Å². The van der Waals surface area contributed by atoms with Gasteiger partial charge in [0.15, 0.2) is 5.60 Å². The molecule has 13 nitrogen and oxygen atoms in total. The first-order valence-electron chi connectivity index (χ1n) is 15.7. The molecule has 46 heavy (non-hydrogen) atoms. The first-order chi connectivity index (χ1) is 21.7. The molecule has 2 aliphatic heterocycles. The Labute approximate surface area is 273 Å². The Morgan fingerprint density at radius 3 is 2.48 bits per heavy atom. The van der Waals surface area contributed by atoms with Gasteiger partial charge in [0.2, 0.25) is 17.6 Å². The van der Waals surface area contributed by atoms with E-state index in [-0.39, 0.29) is 31.9 Å². The molecule has 2 heterocycles. The second kappa shape index (κ2) is 14.3. The Hall–Kier alpha value is -3.87. The smallest absolute Gasteiger partial charge is 0.408 e. The number of likely N-dealkylation sites (tertiary alicyclic amines) is 1. The molecule has 1 spiro atoms. The SMILES string of the molecule is CCC[C@H](NC(=O)[C@@H]1C[C@]2(CC(c3cc(Cl)ccc3OC)=NO2)CN1C(=O)[C@@H](NC(=O)OC1CCCC1)C(C)(C)C)C(=O)C(N)=O. The van der Waals surface area contributed by atoms with Crippen LogP contribution in [0.1, 0.15) is 84.6 Å². The molecule has 4 amide bonds. The summed E-state index contributed by atoms with van der Waals surface area (Å²) in [6, 6.07) is 1.74. The molecule has 1 aromatic rings. The lowest BCUT2D eigenvalue weighted by atomic mass is 9.85. The largest absolute Gasteiger partial charge is 0.496 e. The van der Waals surface area contributed by atoms with Gasteiger partial charge in [-0.1, -0.05) is 50.9 Å². The number of rotatable bonds is 11. The molecular weight excluding hydrogens is 618 g/mol. The van der Waals surface area contributed by atoms with E-state index in [0.717, 1.165) is 25.7 Å². The zero-order valence-corrected chi connectivity index (χ0v) is 27.8. The lowest BCUT2D eigenvalue weighted by Gasteiger charge is -2.35. The summed E-state index contributed by atoms with van der Waals surface area (Å²) in [7, 11) is 1.52. The van der Waals surface area contributed by atoms with E-state index in [1.54, 1.807) is 45.9 Å². The third-order valence-corrected chi connectivity index (χ3v) is 8.94. The molecule has 0 bridgehead atoms. The lowest BCUT2D eigenvalue weighted by Crippen LogP contribution is -2.59. The van der Waals surface area contributed by atoms with E-state index in [1.807, 2.05) is 0 Å². The number of nitrogens with zero attached hydrogens (tertiary/aromatic N) is 2. The van der Waals surface area contributed by atoms with Gasteiger partial charge < -0.3 is 35.6 Å². The van der Waals surface area contributed by atoms with Gasteiger partial charge >= 0.3 is 6.09 Å². The molecule has 14 heteroatoms. The van der Waals surface area contributed by atoms with Gasteiger partial charge in [0.25, 0.3) is 5.91 Å². The number of alkyl carbamates (subject to hydrolysis) is 1. The van der Waals surface area contributed by atoms with Crippen LogP contribution < -0.4 is 21.1 Å². The second-order valence-corrected chi connectivity index (χ2v) is 13.8. The number of halogens is 1. The van der Waals surface area contributed by atoms with E-state index in [4.69, 9.17) is 31.6 Å². The standard InChI is InChI=1S/C32H44ClN5O8/c1-6-9-21(25(39)27(34)40)35-28(41)23-16-32(15-22(37-46-32)20-14-18(33)12-13-24(20)44-5)17-38(23)29(42)26(31(2,3)4)36-30(43)45-19-10-7-8-11-19/h12-14,19,21,23,26H,6-11,15-17H2,1-5H3,(H2,34,40)(H,35,41)(H,36,43)/t21-,23-,26+,32+/m0/s1. The average Bonchev–Trinajstić information content (AvgIpc) is 3.75. The number of methoxy groups -OCH3 is 1. The maximum Gasteiger partial charge on any atom is 0.408 e. The highest BCUT2D eigenvalue weighted by Gasteiger charge is 2.56. The number of carbonyl (C=O) groups is 5. The Morgan fingerprint density at radius 2 is 1.87 bits per heavy atom. The van der Waals surface area contributed by atoms with Crippen LogP contribution in [0.5, 0.6) is 5.75 Å². The number of carbonyl (C=O) groups excluding carboxylic acids is 5. The molecule has 4 rings (SSSR count). The fourth-order valence-corrected chi connectivity index (χ4v) is 6.47. The number of primary amides is 1. The maximum atomic E-state index is 14.4. The van der Waals surface area contributed by atoms with Crippen LogP contribution in [-0.2, 0) is 28.8 Å². The van der Waals surface area contributed by atoms with Gasteiger partial charge in [0.1, 0.15) is 23.9 Å². The van der Waals surface area contributed by atoms with Crippen LogP contribution in [0.2, 0.25) is 5.02 Å². The number of Topliss-reactive ketones (excluding diaryl/α,β-unsaturated/α-hetero) is 1. The summed E-state index contributed by atoms with van der Waals surface area (Å²) in [4.78, 5) is 72.8. The normalized spacial score (nSPS) is 22.5. The highest BCUT2D eigenvalue weighted by atomic mass is 35.5. The van der Waals surface area contributed by atoms with Crippen molar-refractivity contribution >= 4 is 46.9 Å². The molecule has 252 valence electrons. The van der Waals surface area contributed by atoms with Crippen LogP contribution in [0.4, 0.5) is 4.79 Å². The number of oxime groups is 1. The van der Waals surface area contributed by atoms with Crippen molar-refractivity contribution in [3.8, 4) is 5.75 Å². The van der Waals surface area contributed by atoms with Gasteiger partial charge in [-0.25, -0.2) is 4.79 Å². The fraction of sp³-hybridized carbons (Fsp3) is 0.625. The fourth-order valence-electron chi connectivity index (χ4n) is 6.30. The van der Waals surface area contributed by atoms with Gasteiger partial charge in [-0.15, -0.1) is 0 Å². The molecule has 1 saturated carbocycles. The van der Waals surface area contributed by atoms with Crippen LogP contribution in [0.3, 0.4) is 0 Å². The summed E-state index contributed by atoms with van der Waals surface area (Å²) in [5.74, 6) is -2.76. The predicted molar refractivity (Wildman–Crippen MR) is 169 cm³/mol. The summed E-state index contributed by atoms with van der Waals surface area (Å²) < 4.78 is 11.1. The Balaban J connectivity index is 1.64. The molecule has 0 radical (unpaired) electrons. The van der Waals surface area contributed by atoms with Crippen molar-refractivity contribution in [3.63, 3.8) is 0 Å². The summed E-state index contributed by atoms with van der Waals surface area (Å²) in [6.07, 6.45) is 3.44. The molecule has 3 aliphatic rings. The molecule has 0 unspecified atom stereocenters. The van der Waals surface area contributed by atoms with Gasteiger partial charge in [-0.3, -0.25) is 19.2 Å². The predicted octanol–water partition coefficient (Wildman–Crippen LogP) is 3.24. The van der Waals surface area contributed by atoms with Crippen molar-refractivity contribution < 1.29 is 38.3 Å². The average molecular weight is 662 g/mol. The molecule has 1 aliphatic carbocycles. The minimum Gasteiger partial charge on any atom is -0.496 e. The van der Waals surface area contributed by atoms with Crippen molar-refractivity contribution in [1.82, 2.24) is 15.5 Å². The van der Waals surface area contributed by atoms with E-state index in [9.17, 15) is 24.0 Å². The molecule has 0 aromatic heterocycles.